The van der Waals surface area contributed by atoms with Gasteiger partial charge in [-0.1, -0.05) is 6.92 Å². The average molecular weight is 193 g/mol. The molecule has 7 heteroatoms. The molecule has 0 bridgehead atoms. The van der Waals surface area contributed by atoms with Crippen molar-refractivity contribution < 1.29 is 27.5 Å². The number of hydrogen-bond acceptors (Lipinski definition) is 4. The van der Waals surface area contributed by atoms with Crippen LogP contribution in [0.15, 0.2) is 0 Å². The first-order valence-corrected chi connectivity index (χ1v) is 3.78. The van der Waals surface area contributed by atoms with E-state index in [0.717, 1.165) is 0 Å². The molecule has 0 radical (unpaired) electrons. The topological polar surface area (TPSA) is 52.6 Å². The molecule has 1 rings (SSSR count). The Bertz CT molecular complexity index is 245. The minimum atomic E-state index is -4.75. The summed E-state index contributed by atoms with van der Waals surface area (Å²) in [5, 5.41) is 0. The van der Waals surface area contributed by atoms with Gasteiger partial charge in [-0.3, -0.25) is 9.59 Å². The van der Waals surface area contributed by atoms with Crippen molar-refractivity contribution in [3.05, 3.63) is 0 Å². The minimum Gasteiger partial charge on any atom is -0.600 e. The lowest BCUT2D eigenvalue weighted by atomic mass is 9.85. The van der Waals surface area contributed by atoms with Gasteiger partial charge in [0.25, 0.3) is 11.9 Å². The molecule has 0 aromatic heterocycles. The SMILES string of the molecule is CCC1(C)C(=O)O[B-](F)(F)OC1=O. The van der Waals surface area contributed by atoms with Crippen LogP contribution >= 0.6 is 0 Å². The van der Waals surface area contributed by atoms with Gasteiger partial charge in [0.1, 0.15) is 0 Å². The third-order valence-corrected chi connectivity index (χ3v) is 2.10. The van der Waals surface area contributed by atoms with E-state index in [-0.39, 0.29) is 6.42 Å². The zero-order chi connectivity index (χ0) is 10.3. The van der Waals surface area contributed by atoms with Crippen molar-refractivity contribution in [3.8, 4) is 0 Å². The monoisotopic (exact) mass is 193 g/mol. The summed E-state index contributed by atoms with van der Waals surface area (Å²) in [6.45, 7) is 2.72. The lowest BCUT2D eigenvalue weighted by Gasteiger charge is -2.39. The summed E-state index contributed by atoms with van der Waals surface area (Å²) >= 11 is 0. The Morgan fingerprint density at radius 3 is 2.00 bits per heavy atom. The quantitative estimate of drug-likeness (QED) is 0.458. The molecule has 0 aromatic rings. The summed E-state index contributed by atoms with van der Waals surface area (Å²) in [5.74, 6) is -2.45. The van der Waals surface area contributed by atoms with Gasteiger partial charge in [-0.25, -0.2) is 0 Å². The first kappa shape index (κ1) is 9.95. The van der Waals surface area contributed by atoms with Gasteiger partial charge in [0.2, 0.25) is 0 Å². The van der Waals surface area contributed by atoms with Crippen molar-refractivity contribution >= 4 is 19.0 Å². The van der Waals surface area contributed by atoms with Crippen LogP contribution in [0.2, 0.25) is 0 Å². The maximum Gasteiger partial charge on any atom is 0.729 e. The van der Waals surface area contributed by atoms with Crippen LogP contribution in [0.1, 0.15) is 20.3 Å². The molecule has 1 aliphatic rings. The largest absolute Gasteiger partial charge is 0.729 e. The van der Waals surface area contributed by atoms with Gasteiger partial charge in [0.05, 0.1) is 0 Å². The molecule has 0 saturated carbocycles. The van der Waals surface area contributed by atoms with Crippen LogP contribution in [0.3, 0.4) is 0 Å². The van der Waals surface area contributed by atoms with Crippen molar-refractivity contribution in [1.29, 1.82) is 0 Å². The van der Waals surface area contributed by atoms with E-state index in [9.17, 15) is 18.2 Å². The lowest BCUT2D eigenvalue weighted by molar-refractivity contribution is -0.175. The van der Waals surface area contributed by atoms with Crippen LogP contribution in [0.5, 0.6) is 0 Å². The Hall–Kier alpha value is -1.14. The van der Waals surface area contributed by atoms with Crippen LogP contribution in [0, 0.1) is 5.41 Å². The molecule has 0 N–H and O–H groups in total. The van der Waals surface area contributed by atoms with E-state index in [1.54, 1.807) is 0 Å². The highest BCUT2D eigenvalue weighted by Crippen LogP contribution is 2.33. The number of carbonyl (C=O) groups excluding carboxylic acids is 2. The highest BCUT2D eigenvalue weighted by atomic mass is 19.3. The van der Waals surface area contributed by atoms with E-state index < -0.39 is 24.5 Å². The summed E-state index contributed by atoms with van der Waals surface area (Å²) in [7, 11) is -4.75. The highest BCUT2D eigenvalue weighted by Gasteiger charge is 2.53. The molecule has 1 saturated heterocycles. The molecule has 0 atom stereocenters. The van der Waals surface area contributed by atoms with E-state index >= 15 is 0 Å². The second kappa shape index (κ2) is 2.68. The van der Waals surface area contributed by atoms with Crippen LogP contribution in [-0.2, 0) is 18.9 Å². The Morgan fingerprint density at radius 1 is 1.31 bits per heavy atom. The summed E-state index contributed by atoms with van der Waals surface area (Å²) in [4.78, 5) is 22.0. The highest BCUT2D eigenvalue weighted by molar-refractivity contribution is 6.57. The Balaban J connectivity index is 2.96. The Kier molecular flexibility index (Phi) is 2.05. The smallest absolute Gasteiger partial charge is 0.600 e. The maximum atomic E-state index is 12.4. The molecule has 1 aliphatic heterocycles. The Labute approximate surface area is 73.3 Å². The predicted octanol–water partition coefficient (Wildman–Crippen LogP) is 0.877. The summed E-state index contributed by atoms with van der Waals surface area (Å²) in [6, 6.07) is 0. The number of rotatable bonds is 1. The molecule has 0 amide bonds. The van der Waals surface area contributed by atoms with Gasteiger partial charge < -0.3 is 17.9 Å². The summed E-state index contributed by atoms with van der Waals surface area (Å²) in [5.41, 5.74) is -1.59. The van der Waals surface area contributed by atoms with Crippen molar-refractivity contribution in [2.45, 2.75) is 20.3 Å². The molecule has 1 fully saturated rings. The first-order chi connectivity index (χ1) is 5.82. The van der Waals surface area contributed by atoms with Gasteiger partial charge in [-0.2, -0.15) is 0 Å². The second-order valence-electron chi connectivity index (χ2n) is 3.03. The van der Waals surface area contributed by atoms with Crippen molar-refractivity contribution in [2.24, 2.45) is 5.41 Å². The third kappa shape index (κ3) is 1.50. The third-order valence-electron chi connectivity index (χ3n) is 2.10. The normalized spacial score (nSPS) is 24.9. The van der Waals surface area contributed by atoms with Crippen LogP contribution in [-0.4, -0.2) is 19.0 Å². The molecule has 0 spiro atoms. The molecule has 0 aliphatic carbocycles. The fourth-order valence-electron chi connectivity index (χ4n) is 0.905. The molecule has 74 valence electrons. The molecular weight excluding hydrogens is 185 g/mol. The molecular formula is C6H8BF2O4-. The number of halogens is 2. The van der Waals surface area contributed by atoms with Gasteiger partial charge in [0, 0.05) is 0 Å². The second-order valence-corrected chi connectivity index (χ2v) is 3.03. The average Bonchev–Trinajstić information content (AvgIpc) is 1.98. The molecule has 4 nitrogen and oxygen atoms in total. The Morgan fingerprint density at radius 2 is 1.69 bits per heavy atom. The molecule has 1 heterocycles. The maximum absolute atomic E-state index is 12.4. The van der Waals surface area contributed by atoms with E-state index in [0.29, 0.717) is 0 Å². The lowest BCUT2D eigenvalue weighted by Crippen LogP contribution is -2.54. The zero-order valence-corrected chi connectivity index (χ0v) is 7.17. The van der Waals surface area contributed by atoms with Gasteiger partial charge >= 0.3 is 7.11 Å². The van der Waals surface area contributed by atoms with E-state index in [1.165, 1.54) is 13.8 Å². The molecule has 0 unspecified atom stereocenters. The minimum absolute atomic E-state index is 0.0663. The van der Waals surface area contributed by atoms with Crippen molar-refractivity contribution in [1.82, 2.24) is 0 Å². The van der Waals surface area contributed by atoms with E-state index in [1.807, 2.05) is 0 Å². The molecule has 0 aromatic carbocycles. The van der Waals surface area contributed by atoms with Crippen LogP contribution in [0.4, 0.5) is 8.63 Å². The standard InChI is InChI=1S/C6H8BF2O4/c1-3-6(2)4(10)12-7(8,9)13-5(6)11/h3H2,1-2H3/q-1. The summed E-state index contributed by atoms with van der Waals surface area (Å²) < 4.78 is 32.1. The van der Waals surface area contributed by atoms with Crippen LogP contribution < -0.4 is 0 Å². The zero-order valence-electron chi connectivity index (χ0n) is 7.17. The number of carbonyl (C=O) groups is 2. The van der Waals surface area contributed by atoms with Crippen molar-refractivity contribution in [3.63, 3.8) is 0 Å². The van der Waals surface area contributed by atoms with Gasteiger partial charge in [-0.05, 0) is 13.3 Å². The van der Waals surface area contributed by atoms with Crippen LogP contribution in [0.25, 0.3) is 0 Å². The first-order valence-electron chi connectivity index (χ1n) is 3.78. The molecule has 13 heavy (non-hydrogen) atoms. The predicted molar refractivity (Wildman–Crippen MR) is 38.6 cm³/mol. The number of hydrogen-bond donors (Lipinski definition) is 0. The van der Waals surface area contributed by atoms with Gasteiger partial charge in [0.15, 0.2) is 5.41 Å². The van der Waals surface area contributed by atoms with E-state index in [2.05, 4.69) is 9.31 Å². The summed E-state index contributed by atoms with van der Waals surface area (Å²) in [6.07, 6.45) is 0.0663. The van der Waals surface area contributed by atoms with Gasteiger partial charge in [-0.15, -0.1) is 0 Å². The van der Waals surface area contributed by atoms with Crippen molar-refractivity contribution in [2.75, 3.05) is 0 Å². The van der Waals surface area contributed by atoms with E-state index in [4.69, 9.17) is 0 Å². The fourth-order valence-corrected chi connectivity index (χ4v) is 0.905. The fraction of sp³-hybridized carbons (Fsp3) is 0.667.